The average molecular weight is 284 g/mol. The number of aromatic nitrogens is 2. The molecule has 1 N–H and O–H groups in total. The predicted octanol–water partition coefficient (Wildman–Crippen LogP) is 3.26. The lowest BCUT2D eigenvalue weighted by Crippen LogP contribution is -1.95. The van der Waals surface area contributed by atoms with Crippen molar-refractivity contribution in [2.24, 2.45) is 0 Å². The lowest BCUT2D eigenvalue weighted by Gasteiger charge is -2.08. The van der Waals surface area contributed by atoms with E-state index in [4.69, 9.17) is 32.7 Å². The molecule has 0 unspecified atom stereocenters. The van der Waals surface area contributed by atoms with Gasteiger partial charge in [-0.05, 0) is 12.1 Å². The van der Waals surface area contributed by atoms with E-state index in [-0.39, 0.29) is 17.1 Å². The Kier molecular flexibility index (Phi) is 2.85. The van der Waals surface area contributed by atoms with E-state index in [1.165, 1.54) is 0 Å². The van der Waals surface area contributed by atoms with Crippen molar-refractivity contribution in [2.45, 2.75) is 0 Å². The third-order valence-corrected chi connectivity index (χ3v) is 2.83. The molecule has 7 heteroatoms. The molecule has 1 aliphatic rings. The Bertz CT molecular complexity index is 607. The Morgan fingerprint density at radius 3 is 2.78 bits per heavy atom. The Balaban J connectivity index is 1.90. The second-order valence-electron chi connectivity index (χ2n) is 3.56. The summed E-state index contributed by atoms with van der Waals surface area (Å²) in [6.45, 7) is 0.238. The number of nitrogens with zero attached hydrogens (tertiary/aromatic N) is 2. The fourth-order valence-corrected chi connectivity index (χ4v) is 1.86. The summed E-state index contributed by atoms with van der Waals surface area (Å²) >= 11 is 11.7. The molecule has 0 bridgehead atoms. The lowest BCUT2D eigenvalue weighted by atomic mass is 10.2. The molecule has 0 radical (unpaired) electrons. The van der Waals surface area contributed by atoms with Gasteiger partial charge in [0.2, 0.25) is 6.79 Å². The van der Waals surface area contributed by atoms with Crippen molar-refractivity contribution in [3.63, 3.8) is 0 Å². The Morgan fingerprint density at radius 2 is 1.89 bits per heavy atom. The molecule has 0 saturated heterocycles. The van der Waals surface area contributed by atoms with Gasteiger partial charge in [0.25, 0.3) is 0 Å². The summed E-state index contributed by atoms with van der Waals surface area (Å²) < 4.78 is 10.5. The van der Waals surface area contributed by atoms with Crippen LogP contribution >= 0.6 is 23.2 Å². The van der Waals surface area contributed by atoms with Gasteiger partial charge in [-0.25, -0.2) is 0 Å². The molecule has 2 heterocycles. The Morgan fingerprint density at radius 1 is 1.06 bits per heavy atom. The molecule has 3 rings (SSSR count). The van der Waals surface area contributed by atoms with Gasteiger partial charge in [-0.15, -0.1) is 10.2 Å². The van der Waals surface area contributed by atoms with Gasteiger partial charge in [-0.1, -0.05) is 23.2 Å². The molecule has 1 aromatic heterocycles. The van der Waals surface area contributed by atoms with E-state index in [1.807, 2.05) is 18.2 Å². The van der Waals surface area contributed by atoms with Crippen LogP contribution in [-0.4, -0.2) is 17.0 Å². The number of hydrogen-bond donors (Lipinski definition) is 1. The van der Waals surface area contributed by atoms with Gasteiger partial charge in [0.15, 0.2) is 21.8 Å². The van der Waals surface area contributed by atoms with E-state index < -0.39 is 0 Å². The third kappa shape index (κ3) is 2.14. The highest BCUT2D eigenvalue weighted by molar-refractivity contribution is 6.33. The molecule has 0 spiro atoms. The van der Waals surface area contributed by atoms with Gasteiger partial charge >= 0.3 is 0 Å². The van der Waals surface area contributed by atoms with Gasteiger partial charge in [-0.2, -0.15) is 0 Å². The molecule has 0 aliphatic carbocycles. The summed E-state index contributed by atoms with van der Waals surface area (Å²) in [7, 11) is 0. The summed E-state index contributed by atoms with van der Waals surface area (Å²) in [4.78, 5) is 0. The lowest BCUT2D eigenvalue weighted by molar-refractivity contribution is 0.174. The maximum atomic E-state index is 5.91. The van der Waals surface area contributed by atoms with E-state index in [0.717, 1.165) is 11.4 Å². The SMILES string of the molecule is Clc1cc(Nc2ccc3c(c2)OCO3)c(Cl)nn1. The number of halogens is 2. The van der Waals surface area contributed by atoms with E-state index in [9.17, 15) is 0 Å². The topological polar surface area (TPSA) is 56.3 Å². The maximum Gasteiger partial charge on any atom is 0.231 e. The number of nitrogens with one attached hydrogen (secondary N) is 1. The van der Waals surface area contributed by atoms with Crippen molar-refractivity contribution in [3.8, 4) is 11.5 Å². The number of hydrogen-bond acceptors (Lipinski definition) is 5. The zero-order valence-corrected chi connectivity index (χ0v) is 10.5. The number of ether oxygens (including phenoxy) is 2. The quantitative estimate of drug-likeness (QED) is 0.917. The van der Waals surface area contributed by atoms with Crippen LogP contribution in [-0.2, 0) is 0 Å². The largest absolute Gasteiger partial charge is 0.454 e. The smallest absolute Gasteiger partial charge is 0.231 e. The number of benzene rings is 1. The fraction of sp³-hybridized carbons (Fsp3) is 0.0909. The second kappa shape index (κ2) is 4.51. The zero-order chi connectivity index (χ0) is 12.5. The highest BCUT2D eigenvalue weighted by Gasteiger charge is 2.14. The molecule has 18 heavy (non-hydrogen) atoms. The average Bonchev–Trinajstić information content (AvgIpc) is 2.81. The van der Waals surface area contributed by atoms with Crippen LogP contribution in [0.4, 0.5) is 11.4 Å². The molecule has 0 saturated carbocycles. The number of anilines is 2. The predicted molar refractivity (Wildman–Crippen MR) is 67.9 cm³/mol. The summed E-state index contributed by atoms with van der Waals surface area (Å²) in [5.41, 5.74) is 1.38. The van der Waals surface area contributed by atoms with Gasteiger partial charge in [0.1, 0.15) is 0 Å². The Labute approximate surface area is 113 Å². The van der Waals surface area contributed by atoms with E-state index >= 15 is 0 Å². The van der Waals surface area contributed by atoms with E-state index in [1.54, 1.807) is 6.07 Å². The van der Waals surface area contributed by atoms with Crippen LogP contribution in [0.1, 0.15) is 0 Å². The molecule has 0 atom stereocenters. The van der Waals surface area contributed by atoms with Crippen LogP contribution in [0.3, 0.4) is 0 Å². The summed E-state index contributed by atoms with van der Waals surface area (Å²) in [5, 5.41) is 11.0. The highest BCUT2D eigenvalue weighted by Crippen LogP contribution is 2.35. The molecule has 1 aliphatic heterocycles. The van der Waals surface area contributed by atoms with Crippen LogP contribution in [0.2, 0.25) is 10.3 Å². The number of fused-ring (bicyclic) bond motifs is 1. The summed E-state index contributed by atoms with van der Waals surface area (Å²) in [6.07, 6.45) is 0. The molecule has 0 fully saturated rings. The monoisotopic (exact) mass is 283 g/mol. The van der Waals surface area contributed by atoms with Gasteiger partial charge < -0.3 is 14.8 Å². The Hall–Kier alpha value is -1.72. The zero-order valence-electron chi connectivity index (χ0n) is 8.98. The van der Waals surface area contributed by atoms with Gasteiger partial charge in [-0.3, -0.25) is 0 Å². The van der Waals surface area contributed by atoms with Crippen molar-refractivity contribution in [1.82, 2.24) is 10.2 Å². The van der Waals surface area contributed by atoms with Crippen LogP contribution in [0.25, 0.3) is 0 Å². The van der Waals surface area contributed by atoms with Crippen molar-refractivity contribution >= 4 is 34.6 Å². The van der Waals surface area contributed by atoms with Crippen molar-refractivity contribution in [3.05, 3.63) is 34.6 Å². The molecule has 1 aromatic carbocycles. The van der Waals surface area contributed by atoms with Crippen LogP contribution in [0.15, 0.2) is 24.3 Å². The summed E-state index contributed by atoms with van der Waals surface area (Å²) in [5.74, 6) is 1.40. The van der Waals surface area contributed by atoms with E-state index in [2.05, 4.69) is 15.5 Å². The molecule has 2 aromatic rings. The maximum absolute atomic E-state index is 5.91. The molecular weight excluding hydrogens is 277 g/mol. The normalized spacial score (nSPS) is 12.6. The molecule has 5 nitrogen and oxygen atoms in total. The first-order valence-electron chi connectivity index (χ1n) is 5.08. The van der Waals surface area contributed by atoms with Crippen LogP contribution < -0.4 is 14.8 Å². The minimum absolute atomic E-state index is 0.238. The van der Waals surface area contributed by atoms with Gasteiger partial charge in [0, 0.05) is 17.8 Å². The number of rotatable bonds is 2. The van der Waals surface area contributed by atoms with Crippen molar-refractivity contribution in [2.75, 3.05) is 12.1 Å². The highest BCUT2D eigenvalue weighted by atomic mass is 35.5. The van der Waals surface area contributed by atoms with Crippen LogP contribution in [0.5, 0.6) is 11.5 Å². The first kappa shape index (κ1) is 11.4. The van der Waals surface area contributed by atoms with Crippen molar-refractivity contribution < 1.29 is 9.47 Å². The molecule has 92 valence electrons. The van der Waals surface area contributed by atoms with Gasteiger partial charge in [0.05, 0.1) is 5.69 Å². The second-order valence-corrected chi connectivity index (χ2v) is 4.31. The minimum atomic E-state index is 0.238. The van der Waals surface area contributed by atoms with Crippen molar-refractivity contribution in [1.29, 1.82) is 0 Å². The van der Waals surface area contributed by atoms with Crippen LogP contribution in [0, 0.1) is 0 Å². The standard InChI is InChI=1S/C11H7Cl2N3O2/c12-10-4-7(11(13)16-15-10)14-6-1-2-8-9(3-6)18-5-17-8/h1-4H,5H2,(H,14,15). The molecule has 0 amide bonds. The van der Waals surface area contributed by atoms with E-state index in [0.29, 0.717) is 11.4 Å². The first-order valence-corrected chi connectivity index (χ1v) is 5.83. The fourth-order valence-electron chi connectivity index (χ4n) is 1.57. The first-order chi connectivity index (χ1) is 8.72. The third-order valence-electron chi connectivity index (χ3n) is 2.37. The minimum Gasteiger partial charge on any atom is -0.454 e. The molecular formula is C11H7Cl2N3O2. The summed E-state index contributed by atoms with van der Waals surface area (Å²) in [6, 6.07) is 7.07.